The van der Waals surface area contributed by atoms with Crippen molar-refractivity contribution in [2.45, 2.75) is 12.8 Å². The maximum atomic E-state index is 6.25. The first kappa shape index (κ1) is 22.7. The number of nitrogens with zero attached hydrogens (tertiary/aromatic N) is 1. The maximum Gasteiger partial charge on any atom is 0.156 e. The lowest BCUT2D eigenvalue weighted by molar-refractivity contribution is 0.215. The second-order valence-electron chi connectivity index (χ2n) is 5.63. The highest BCUT2D eigenvalue weighted by Crippen LogP contribution is 2.37. The van der Waals surface area contributed by atoms with Gasteiger partial charge in [0.05, 0.1) is 22.9 Å². The molecule has 0 aromatic heterocycles. The summed E-state index contributed by atoms with van der Waals surface area (Å²) < 4.78 is 11.4. The highest BCUT2D eigenvalue weighted by Gasteiger charge is 2.10. The van der Waals surface area contributed by atoms with Gasteiger partial charge >= 0.3 is 0 Å². The smallest absolute Gasteiger partial charge is 0.156 e. The Balaban J connectivity index is 1.83. The van der Waals surface area contributed by atoms with Crippen molar-refractivity contribution in [3.63, 3.8) is 0 Å². The van der Waals surface area contributed by atoms with Crippen LogP contribution >= 0.6 is 46.4 Å². The van der Waals surface area contributed by atoms with E-state index in [9.17, 15) is 0 Å². The lowest BCUT2D eigenvalue weighted by Crippen LogP contribution is -2.01. The van der Waals surface area contributed by atoms with Crippen LogP contribution in [-0.2, 0) is 11.3 Å². The van der Waals surface area contributed by atoms with Gasteiger partial charge in [-0.2, -0.15) is 0 Å². The Morgan fingerprint density at radius 2 is 1.71 bits per heavy atom. The van der Waals surface area contributed by atoms with Gasteiger partial charge in [0.25, 0.3) is 0 Å². The van der Waals surface area contributed by atoms with Crippen molar-refractivity contribution in [3.8, 4) is 11.5 Å². The van der Waals surface area contributed by atoms with Crippen molar-refractivity contribution < 1.29 is 14.3 Å². The van der Waals surface area contributed by atoms with Gasteiger partial charge in [0.15, 0.2) is 5.75 Å². The summed E-state index contributed by atoms with van der Waals surface area (Å²) in [4.78, 5) is 4.66. The molecule has 2 aromatic rings. The van der Waals surface area contributed by atoms with Crippen LogP contribution in [0.1, 0.15) is 17.5 Å². The fourth-order valence-corrected chi connectivity index (χ4v) is 3.00. The molecule has 0 spiro atoms. The minimum atomic E-state index is 0.134. The Morgan fingerprint density at radius 1 is 1.04 bits per heavy atom. The van der Waals surface area contributed by atoms with E-state index in [0.29, 0.717) is 28.2 Å². The molecule has 0 saturated heterocycles. The lowest BCUT2D eigenvalue weighted by Gasteiger charge is -2.12. The molecular weight excluding hydrogens is 444 g/mol. The number of aryl methyl sites for hydroxylation is 1. The average Bonchev–Trinajstić information content (AvgIpc) is 2.66. The van der Waals surface area contributed by atoms with Gasteiger partial charge in [-0.3, -0.25) is 0 Å². The van der Waals surface area contributed by atoms with Gasteiger partial charge in [-0.05, 0) is 30.0 Å². The Labute approximate surface area is 184 Å². The molecule has 0 radical (unpaired) electrons. The zero-order valence-electron chi connectivity index (χ0n) is 15.1. The molecule has 0 heterocycles. The summed E-state index contributed by atoms with van der Waals surface area (Å²) in [5.41, 5.74) is 2.18. The number of benzene rings is 2. The third-order valence-electron chi connectivity index (χ3n) is 3.60. The fraction of sp³-hybridized carbons (Fsp3) is 0.250. The van der Waals surface area contributed by atoms with Gasteiger partial charge in [-0.15, -0.1) is 0 Å². The van der Waals surface area contributed by atoms with Crippen molar-refractivity contribution in [1.29, 1.82) is 0 Å². The SMILES string of the molecule is CO/N=C/c1ccc(CCCOc2c(Cl)cc(OCC=C(Cl)Cl)cc2Cl)cc1. The van der Waals surface area contributed by atoms with Gasteiger partial charge in [-0.25, -0.2) is 0 Å². The predicted molar refractivity (Wildman–Crippen MR) is 117 cm³/mol. The third-order valence-corrected chi connectivity index (χ3v) is 4.47. The molecule has 8 heteroatoms. The fourth-order valence-electron chi connectivity index (χ4n) is 2.29. The molecule has 150 valence electrons. The second-order valence-corrected chi connectivity index (χ2v) is 7.45. The second kappa shape index (κ2) is 12.1. The highest BCUT2D eigenvalue weighted by atomic mass is 35.5. The summed E-state index contributed by atoms with van der Waals surface area (Å²) in [6.45, 7) is 0.697. The molecule has 0 aliphatic rings. The Morgan fingerprint density at radius 3 is 2.32 bits per heavy atom. The molecule has 0 fully saturated rings. The summed E-state index contributed by atoms with van der Waals surface area (Å²) in [5, 5.41) is 4.49. The molecule has 0 bridgehead atoms. The van der Waals surface area contributed by atoms with Crippen molar-refractivity contribution in [3.05, 3.63) is 68.1 Å². The van der Waals surface area contributed by atoms with Gasteiger partial charge < -0.3 is 14.3 Å². The number of halogens is 4. The average molecular weight is 463 g/mol. The molecule has 0 saturated carbocycles. The number of oxime groups is 1. The molecule has 4 nitrogen and oxygen atoms in total. The molecule has 0 N–H and O–H groups in total. The normalized spacial score (nSPS) is 10.8. The Hall–Kier alpha value is -1.59. The molecule has 28 heavy (non-hydrogen) atoms. The van der Waals surface area contributed by atoms with Crippen molar-refractivity contribution in [2.24, 2.45) is 5.16 Å². The van der Waals surface area contributed by atoms with E-state index in [-0.39, 0.29) is 11.1 Å². The van der Waals surface area contributed by atoms with Crippen LogP contribution in [0, 0.1) is 0 Å². The third kappa shape index (κ3) is 7.80. The van der Waals surface area contributed by atoms with Crippen LogP contribution in [-0.4, -0.2) is 26.5 Å². The molecule has 2 rings (SSSR count). The number of hydrogen-bond donors (Lipinski definition) is 0. The molecule has 0 aliphatic carbocycles. The van der Waals surface area contributed by atoms with Gasteiger partial charge in [0.1, 0.15) is 24.0 Å². The molecule has 0 amide bonds. The van der Waals surface area contributed by atoms with Crippen molar-refractivity contribution in [1.82, 2.24) is 0 Å². The predicted octanol–water partition coefficient (Wildman–Crippen LogP) is 6.68. The van der Waals surface area contributed by atoms with E-state index in [1.54, 1.807) is 18.3 Å². The van der Waals surface area contributed by atoms with Crippen LogP contribution in [0.2, 0.25) is 10.0 Å². The summed E-state index contributed by atoms with van der Waals surface area (Å²) in [6, 6.07) is 11.3. The van der Waals surface area contributed by atoms with Crippen LogP contribution in [0.4, 0.5) is 0 Å². The molecular formula is C20H19Cl4NO3. The number of rotatable bonds is 10. The topological polar surface area (TPSA) is 40.0 Å². The van der Waals surface area contributed by atoms with E-state index in [1.165, 1.54) is 18.7 Å². The van der Waals surface area contributed by atoms with E-state index < -0.39 is 0 Å². The first-order valence-corrected chi connectivity index (χ1v) is 9.92. The standard InChI is InChI=1S/C20H19Cl4NO3/c1-26-25-13-15-6-4-14(5-7-15)3-2-9-28-20-17(21)11-16(12-18(20)22)27-10-8-19(23)24/h4-8,11-13H,2-3,9-10H2,1H3/b25-13+. The zero-order valence-corrected chi connectivity index (χ0v) is 18.2. The van der Waals surface area contributed by atoms with Crippen molar-refractivity contribution in [2.75, 3.05) is 20.3 Å². The molecule has 0 unspecified atom stereocenters. The summed E-state index contributed by atoms with van der Waals surface area (Å²) in [7, 11) is 1.51. The summed E-state index contributed by atoms with van der Waals surface area (Å²) >= 11 is 23.6. The Bertz CT molecular complexity index is 796. The lowest BCUT2D eigenvalue weighted by atomic mass is 10.1. The van der Waals surface area contributed by atoms with Crippen LogP contribution in [0.25, 0.3) is 0 Å². The Kier molecular flexibility index (Phi) is 9.79. The van der Waals surface area contributed by atoms with Crippen LogP contribution in [0.15, 0.2) is 52.1 Å². The highest BCUT2D eigenvalue weighted by molar-refractivity contribution is 6.55. The van der Waals surface area contributed by atoms with Crippen molar-refractivity contribution >= 4 is 52.6 Å². The van der Waals surface area contributed by atoms with E-state index in [2.05, 4.69) is 9.99 Å². The maximum absolute atomic E-state index is 6.25. The summed E-state index contributed by atoms with van der Waals surface area (Å²) in [5.74, 6) is 0.943. The van der Waals surface area contributed by atoms with Gasteiger partial charge in [0.2, 0.25) is 0 Å². The summed E-state index contributed by atoms with van der Waals surface area (Å²) in [6.07, 6.45) is 4.86. The van der Waals surface area contributed by atoms with Crippen LogP contribution in [0.5, 0.6) is 11.5 Å². The molecule has 0 atom stereocenters. The number of ether oxygens (including phenoxy) is 2. The number of hydrogen-bond acceptors (Lipinski definition) is 4. The minimum absolute atomic E-state index is 0.134. The first-order valence-electron chi connectivity index (χ1n) is 8.41. The molecule has 2 aromatic carbocycles. The first-order chi connectivity index (χ1) is 13.5. The zero-order chi connectivity index (χ0) is 20.4. The van der Waals surface area contributed by atoms with E-state index in [0.717, 1.165) is 18.4 Å². The van der Waals surface area contributed by atoms with Crippen LogP contribution < -0.4 is 9.47 Å². The quantitative estimate of drug-likeness (QED) is 0.224. The van der Waals surface area contributed by atoms with Gasteiger partial charge in [0, 0.05) is 12.1 Å². The van der Waals surface area contributed by atoms with Crippen LogP contribution in [0.3, 0.4) is 0 Å². The van der Waals surface area contributed by atoms with E-state index in [4.69, 9.17) is 55.9 Å². The minimum Gasteiger partial charge on any atom is -0.490 e. The monoisotopic (exact) mass is 461 g/mol. The molecule has 0 aliphatic heterocycles. The van der Waals surface area contributed by atoms with Gasteiger partial charge in [-0.1, -0.05) is 75.8 Å². The van der Waals surface area contributed by atoms with E-state index >= 15 is 0 Å². The van der Waals surface area contributed by atoms with E-state index in [1.807, 2.05) is 24.3 Å². The largest absolute Gasteiger partial charge is 0.490 e.